The second-order valence-corrected chi connectivity index (χ2v) is 5.91. The molecule has 1 unspecified atom stereocenters. The van der Waals surface area contributed by atoms with Gasteiger partial charge in [-0.15, -0.1) is 0 Å². The Kier molecular flexibility index (Phi) is 6.77. The van der Waals surface area contributed by atoms with E-state index < -0.39 is 6.10 Å². The number of hydrogen-bond donors (Lipinski definition) is 1. The molecule has 2 rings (SSSR count). The van der Waals surface area contributed by atoms with Gasteiger partial charge in [0.1, 0.15) is 11.6 Å². The van der Waals surface area contributed by atoms with Gasteiger partial charge in [0.2, 0.25) is 0 Å². The largest absolute Gasteiger partial charge is 0.468 e. The van der Waals surface area contributed by atoms with Crippen LogP contribution >= 0.6 is 0 Å². The number of furan rings is 1. The van der Waals surface area contributed by atoms with Gasteiger partial charge in [-0.25, -0.2) is 4.39 Å². The van der Waals surface area contributed by atoms with Crippen LogP contribution in [0, 0.1) is 5.82 Å². The molecule has 0 amide bonds. The van der Waals surface area contributed by atoms with Gasteiger partial charge in [0.05, 0.1) is 31.6 Å². The number of halogens is 1. The second kappa shape index (κ2) is 8.82. The smallest absolute Gasteiger partial charge is 0.123 e. The normalized spacial score (nSPS) is 13.0. The molecule has 0 bridgehead atoms. The minimum atomic E-state index is -0.590. The molecule has 0 saturated heterocycles. The van der Waals surface area contributed by atoms with Gasteiger partial charge in [-0.2, -0.15) is 0 Å². The third-order valence-corrected chi connectivity index (χ3v) is 3.37. The van der Waals surface area contributed by atoms with E-state index in [2.05, 4.69) is 4.90 Å². The zero-order valence-corrected chi connectivity index (χ0v) is 13.6. The van der Waals surface area contributed by atoms with E-state index in [1.54, 1.807) is 18.4 Å². The summed E-state index contributed by atoms with van der Waals surface area (Å²) < 4.78 is 23.9. The molecule has 0 saturated carbocycles. The lowest BCUT2D eigenvalue weighted by Gasteiger charge is -2.24. The maximum absolute atomic E-state index is 13.0. The zero-order chi connectivity index (χ0) is 16.7. The first kappa shape index (κ1) is 17.7. The van der Waals surface area contributed by atoms with Gasteiger partial charge < -0.3 is 14.3 Å². The Morgan fingerprint density at radius 1 is 1.17 bits per heavy atom. The lowest BCUT2D eigenvalue weighted by Crippen LogP contribution is -2.34. The highest BCUT2D eigenvalue weighted by Gasteiger charge is 2.15. The molecule has 4 nitrogen and oxygen atoms in total. The quantitative estimate of drug-likeness (QED) is 0.770. The lowest BCUT2D eigenvalue weighted by molar-refractivity contribution is -0.0114. The van der Waals surface area contributed by atoms with Crippen LogP contribution in [0.25, 0.3) is 0 Å². The Morgan fingerprint density at radius 3 is 2.52 bits per heavy atom. The summed E-state index contributed by atoms with van der Waals surface area (Å²) in [7, 11) is 0. The van der Waals surface area contributed by atoms with Gasteiger partial charge in [-0.1, -0.05) is 12.1 Å². The Bertz CT molecular complexity index is 554. The monoisotopic (exact) mass is 321 g/mol. The van der Waals surface area contributed by atoms with Crippen LogP contribution in [0.15, 0.2) is 47.1 Å². The van der Waals surface area contributed by atoms with Crippen LogP contribution in [-0.4, -0.2) is 35.4 Å². The van der Waals surface area contributed by atoms with Crippen molar-refractivity contribution in [1.82, 2.24) is 4.90 Å². The number of rotatable bonds is 9. The first-order chi connectivity index (χ1) is 11.0. The minimum absolute atomic E-state index is 0.0836. The van der Waals surface area contributed by atoms with Crippen molar-refractivity contribution in [2.24, 2.45) is 0 Å². The van der Waals surface area contributed by atoms with Crippen LogP contribution in [0.4, 0.5) is 4.39 Å². The number of hydrogen-bond acceptors (Lipinski definition) is 4. The molecule has 5 heteroatoms. The molecule has 23 heavy (non-hydrogen) atoms. The van der Waals surface area contributed by atoms with Crippen molar-refractivity contribution in [3.05, 3.63) is 59.8 Å². The van der Waals surface area contributed by atoms with Gasteiger partial charge in [0.15, 0.2) is 0 Å². The molecular formula is C18H24FNO3. The fourth-order valence-electron chi connectivity index (χ4n) is 2.31. The Labute approximate surface area is 136 Å². The van der Waals surface area contributed by atoms with Crippen LogP contribution in [-0.2, 0) is 17.8 Å². The van der Waals surface area contributed by atoms with E-state index in [4.69, 9.17) is 9.15 Å². The SMILES string of the molecule is CC(C)OCC(O)CN(Cc1ccc(F)cc1)Cc1ccco1. The van der Waals surface area contributed by atoms with Crippen molar-refractivity contribution in [2.45, 2.75) is 39.1 Å². The van der Waals surface area contributed by atoms with Crippen molar-refractivity contribution in [3.63, 3.8) is 0 Å². The lowest BCUT2D eigenvalue weighted by atomic mass is 10.2. The topological polar surface area (TPSA) is 45.8 Å². The van der Waals surface area contributed by atoms with Gasteiger partial charge in [0.25, 0.3) is 0 Å². The summed E-state index contributed by atoms with van der Waals surface area (Å²) in [5, 5.41) is 10.2. The van der Waals surface area contributed by atoms with Crippen LogP contribution < -0.4 is 0 Å². The van der Waals surface area contributed by atoms with Gasteiger partial charge in [-0.3, -0.25) is 4.90 Å². The number of ether oxygens (including phenoxy) is 1. The Hall–Kier alpha value is -1.69. The predicted molar refractivity (Wildman–Crippen MR) is 86.3 cm³/mol. The molecule has 0 aliphatic heterocycles. The molecule has 0 aliphatic carbocycles. The van der Waals surface area contributed by atoms with Crippen molar-refractivity contribution in [1.29, 1.82) is 0 Å². The minimum Gasteiger partial charge on any atom is -0.468 e. The number of aliphatic hydroxyl groups is 1. The Morgan fingerprint density at radius 2 is 1.91 bits per heavy atom. The highest BCUT2D eigenvalue weighted by Crippen LogP contribution is 2.12. The van der Waals surface area contributed by atoms with Gasteiger partial charge >= 0.3 is 0 Å². The standard InChI is InChI=1S/C18H24FNO3/c1-14(2)23-13-17(21)11-20(12-18-4-3-9-22-18)10-15-5-7-16(19)8-6-15/h3-9,14,17,21H,10-13H2,1-2H3. The molecule has 2 aromatic rings. The summed E-state index contributed by atoms with van der Waals surface area (Å²) in [5.41, 5.74) is 0.981. The van der Waals surface area contributed by atoms with E-state index in [9.17, 15) is 9.50 Å². The average Bonchev–Trinajstić information content (AvgIpc) is 3.00. The maximum Gasteiger partial charge on any atom is 0.123 e. The Balaban J connectivity index is 1.97. The van der Waals surface area contributed by atoms with E-state index in [1.807, 2.05) is 26.0 Å². The fourth-order valence-corrected chi connectivity index (χ4v) is 2.31. The number of aliphatic hydroxyl groups excluding tert-OH is 1. The molecule has 0 fully saturated rings. The molecule has 126 valence electrons. The van der Waals surface area contributed by atoms with Crippen molar-refractivity contribution in [2.75, 3.05) is 13.2 Å². The average molecular weight is 321 g/mol. The summed E-state index contributed by atoms with van der Waals surface area (Å²) in [6.45, 7) is 5.78. The zero-order valence-electron chi connectivity index (χ0n) is 13.6. The molecule has 1 heterocycles. The van der Waals surface area contributed by atoms with E-state index in [-0.39, 0.29) is 18.5 Å². The second-order valence-electron chi connectivity index (χ2n) is 5.91. The summed E-state index contributed by atoms with van der Waals surface area (Å²) in [4.78, 5) is 2.06. The first-order valence-electron chi connectivity index (χ1n) is 7.82. The van der Waals surface area contributed by atoms with Crippen molar-refractivity contribution >= 4 is 0 Å². The van der Waals surface area contributed by atoms with Crippen LogP contribution in [0.3, 0.4) is 0 Å². The molecule has 1 atom stereocenters. The fraction of sp³-hybridized carbons (Fsp3) is 0.444. The summed E-state index contributed by atoms with van der Waals surface area (Å²) >= 11 is 0. The van der Waals surface area contributed by atoms with Crippen LogP contribution in [0.5, 0.6) is 0 Å². The van der Waals surface area contributed by atoms with E-state index in [0.717, 1.165) is 11.3 Å². The van der Waals surface area contributed by atoms with E-state index in [0.29, 0.717) is 19.6 Å². The molecule has 1 aromatic heterocycles. The number of benzene rings is 1. The van der Waals surface area contributed by atoms with E-state index in [1.165, 1.54) is 12.1 Å². The highest BCUT2D eigenvalue weighted by molar-refractivity contribution is 5.16. The molecule has 0 radical (unpaired) electrons. The first-order valence-corrected chi connectivity index (χ1v) is 7.82. The highest BCUT2D eigenvalue weighted by atomic mass is 19.1. The van der Waals surface area contributed by atoms with E-state index >= 15 is 0 Å². The molecular weight excluding hydrogens is 297 g/mol. The van der Waals surface area contributed by atoms with Crippen molar-refractivity contribution in [3.8, 4) is 0 Å². The number of nitrogens with zero attached hydrogens (tertiary/aromatic N) is 1. The third kappa shape index (κ3) is 6.52. The summed E-state index contributed by atoms with van der Waals surface area (Å²) in [6, 6.07) is 10.1. The third-order valence-electron chi connectivity index (χ3n) is 3.37. The van der Waals surface area contributed by atoms with Crippen molar-refractivity contribution < 1.29 is 18.7 Å². The molecule has 1 aromatic carbocycles. The molecule has 0 spiro atoms. The summed E-state index contributed by atoms with van der Waals surface area (Å²) in [5.74, 6) is 0.570. The van der Waals surface area contributed by atoms with Crippen LogP contribution in [0.1, 0.15) is 25.2 Å². The maximum atomic E-state index is 13.0. The van der Waals surface area contributed by atoms with Gasteiger partial charge in [-0.05, 0) is 43.7 Å². The molecule has 0 aliphatic rings. The van der Waals surface area contributed by atoms with Crippen LogP contribution in [0.2, 0.25) is 0 Å². The van der Waals surface area contributed by atoms with Gasteiger partial charge in [0, 0.05) is 13.1 Å². The predicted octanol–water partition coefficient (Wildman–Crippen LogP) is 3.21. The summed E-state index contributed by atoms with van der Waals surface area (Å²) in [6.07, 6.45) is 1.12. The molecule has 1 N–H and O–H groups in total.